The van der Waals surface area contributed by atoms with Gasteiger partial charge in [0.15, 0.2) is 5.78 Å². The highest BCUT2D eigenvalue weighted by Crippen LogP contribution is 2.37. The fraction of sp³-hybridized carbons (Fsp3) is 0.458. The second kappa shape index (κ2) is 9.63. The summed E-state index contributed by atoms with van der Waals surface area (Å²) in [4.78, 5) is 22.8. The summed E-state index contributed by atoms with van der Waals surface area (Å²) in [5, 5.41) is 10.7. The van der Waals surface area contributed by atoms with Gasteiger partial charge in [-0.05, 0) is 48.6 Å². The summed E-state index contributed by atoms with van der Waals surface area (Å²) in [6.45, 7) is 2.26. The maximum Gasteiger partial charge on any atom is 0.269 e. The summed E-state index contributed by atoms with van der Waals surface area (Å²) in [7, 11) is 0. The van der Waals surface area contributed by atoms with Crippen LogP contribution >= 0.6 is 0 Å². The smallest absolute Gasteiger partial charge is 0.269 e. The lowest BCUT2D eigenvalue weighted by Crippen LogP contribution is -2.13. The lowest BCUT2D eigenvalue weighted by atomic mass is 9.77. The van der Waals surface area contributed by atoms with Crippen molar-refractivity contribution in [3.8, 4) is 0 Å². The molecule has 0 heterocycles. The molecule has 1 aliphatic rings. The zero-order chi connectivity index (χ0) is 19.9. The Labute approximate surface area is 167 Å². The van der Waals surface area contributed by atoms with E-state index in [0.717, 1.165) is 11.5 Å². The molecule has 0 atom stereocenters. The summed E-state index contributed by atoms with van der Waals surface area (Å²) in [6.07, 6.45) is 9.43. The number of hydrogen-bond acceptors (Lipinski definition) is 3. The van der Waals surface area contributed by atoms with E-state index in [-0.39, 0.29) is 17.9 Å². The Bertz CT molecular complexity index is 788. The molecule has 0 radical (unpaired) electrons. The highest BCUT2D eigenvalue weighted by atomic mass is 16.6. The van der Waals surface area contributed by atoms with Gasteiger partial charge in [-0.1, -0.05) is 62.6 Å². The predicted molar refractivity (Wildman–Crippen MR) is 112 cm³/mol. The topological polar surface area (TPSA) is 60.2 Å². The number of ketones is 1. The minimum absolute atomic E-state index is 0.0451. The van der Waals surface area contributed by atoms with Crippen LogP contribution in [0.25, 0.3) is 0 Å². The quantitative estimate of drug-likeness (QED) is 0.299. The van der Waals surface area contributed by atoms with Gasteiger partial charge >= 0.3 is 0 Å². The Morgan fingerprint density at radius 2 is 1.64 bits per heavy atom. The molecule has 148 valence electrons. The fourth-order valence-corrected chi connectivity index (χ4v) is 4.24. The zero-order valence-corrected chi connectivity index (χ0v) is 16.6. The maximum absolute atomic E-state index is 12.5. The van der Waals surface area contributed by atoms with E-state index in [9.17, 15) is 14.9 Å². The molecule has 0 spiro atoms. The number of nitro benzene ring substituents is 1. The van der Waals surface area contributed by atoms with Crippen LogP contribution in [0, 0.1) is 16.0 Å². The molecule has 0 aliphatic heterocycles. The van der Waals surface area contributed by atoms with Gasteiger partial charge in [-0.3, -0.25) is 14.9 Å². The first-order valence-electron chi connectivity index (χ1n) is 10.4. The maximum atomic E-state index is 12.5. The van der Waals surface area contributed by atoms with Crippen LogP contribution in [0.5, 0.6) is 0 Å². The van der Waals surface area contributed by atoms with Crippen molar-refractivity contribution in [2.75, 3.05) is 0 Å². The number of benzene rings is 2. The molecule has 0 bridgehead atoms. The lowest BCUT2D eigenvalue weighted by molar-refractivity contribution is -0.384. The summed E-state index contributed by atoms with van der Waals surface area (Å²) in [6, 6.07) is 14.3. The number of non-ortho nitro benzene ring substituents is 1. The molecule has 0 aromatic heterocycles. The summed E-state index contributed by atoms with van der Waals surface area (Å²) in [5.41, 5.74) is 2.90. The standard InChI is InChI=1S/C24H29NO3/c1-2-3-4-18-5-9-20(10-6-18)21-11-13-22(14-12-21)24(26)17-19-7-15-23(16-8-19)25(27)28/h7-8,11-16,18,20H,2-6,9-10,17H2,1H3. The van der Waals surface area contributed by atoms with Crippen LogP contribution < -0.4 is 0 Å². The van der Waals surface area contributed by atoms with Crippen molar-refractivity contribution in [1.29, 1.82) is 0 Å². The Kier molecular flexibility index (Phi) is 6.96. The second-order valence-corrected chi connectivity index (χ2v) is 8.01. The van der Waals surface area contributed by atoms with Crippen LogP contribution in [0.1, 0.15) is 79.3 Å². The number of carbonyl (C=O) groups excluding carboxylic acids is 1. The van der Waals surface area contributed by atoms with Crippen molar-refractivity contribution in [3.63, 3.8) is 0 Å². The molecule has 4 nitrogen and oxygen atoms in total. The number of unbranched alkanes of at least 4 members (excludes halogenated alkanes) is 1. The molecule has 3 rings (SSSR count). The Hall–Kier alpha value is -2.49. The van der Waals surface area contributed by atoms with Crippen LogP contribution in [-0.2, 0) is 6.42 Å². The molecule has 2 aromatic rings. The zero-order valence-electron chi connectivity index (χ0n) is 16.6. The van der Waals surface area contributed by atoms with Gasteiger partial charge in [0.05, 0.1) is 4.92 Å². The summed E-state index contributed by atoms with van der Waals surface area (Å²) in [5.74, 6) is 1.57. The highest BCUT2D eigenvalue weighted by molar-refractivity contribution is 5.97. The molecule has 2 aromatic carbocycles. The van der Waals surface area contributed by atoms with Crippen LogP contribution in [0.2, 0.25) is 0 Å². The second-order valence-electron chi connectivity index (χ2n) is 8.01. The van der Waals surface area contributed by atoms with Gasteiger partial charge in [-0.15, -0.1) is 0 Å². The fourth-order valence-electron chi connectivity index (χ4n) is 4.24. The molecular weight excluding hydrogens is 350 g/mol. The van der Waals surface area contributed by atoms with Gasteiger partial charge in [0, 0.05) is 24.1 Å². The van der Waals surface area contributed by atoms with Gasteiger partial charge in [-0.25, -0.2) is 0 Å². The van der Waals surface area contributed by atoms with E-state index in [2.05, 4.69) is 19.1 Å². The van der Waals surface area contributed by atoms with Gasteiger partial charge in [0.1, 0.15) is 0 Å². The lowest BCUT2D eigenvalue weighted by Gasteiger charge is -2.28. The van der Waals surface area contributed by atoms with Crippen LogP contribution in [0.4, 0.5) is 5.69 Å². The minimum Gasteiger partial charge on any atom is -0.294 e. The Morgan fingerprint density at radius 3 is 2.21 bits per heavy atom. The molecule has 0 saturated heterocycles. The van der Waals surface area contributed by atoms with Crippen molar-refractivity contribution in [2.45, 2.75) is 64.2 Å². The first kappa shape index (κ1) is 20.2. The number of nitro groups is 1. The van der Waals surface area contributed by atoms with Crippen molar-refractivity contribution >= 4 is 11.5 Å². The van der Waals surface area contributed by atoms with E-state index in [4.69, 9.17) is 0 Å². The first-order chi connectivity index (χ1) is 13.6. The largest absolute Gasteiger partial charge is 0.294 e. The average molecular weight is 380 g/mol. The summed E-state index contributed by atoms with van der Waals surface area (Å²) >= 11 is 0. The van der Waals surface area contributed by atoms with Crippen molar-refractivity contribution in [2.24, 2.45) is 5.92 Å². The van der Waals surface area contributed by atoms with E-state index in [0.29, 0.717) is 11.5 Å². The van der Waals surface area contributed by atoms with Gasteiger partial charge in [0.2, 0.25) is 0 Å². The Balaban J connectivity index is 1.55. The van der Waals surface area contributed by atoms with Crippen LogP contribution in [-0.4, -0.2) is 10.7 Å². The molecule has 1 saturated carbocycles. The van der Waals surface area contributed by atoms with E-state index in [1.807, 2.05) is 12.1 Å². The molecule has 0 amide bonds. The highest BCUT2D eigenvalue weighted by Gasteiger charge is 2.22. The van der Waals surface area contributed by atoms with Crippen molar-refractivity contribution in [1.82, 2.24) is 0 Å². The van der Waals surface area contributed by atoms with Crippen molar-refractivity contribution < 1.29 is 9.72 Å². The molecule has 0 unspecified atom stereocenters. The van der Waals surface area contributed by atoms with Gasteiger partial charge < -0.3 is 0 Å². The third-order valence-electron chi connectivity index (χ3n) is 6.03. The average Bonchev–Trinajstić information content (AvgIpc) is 2.73. The van der Waals surface area contributed by atoms with E-state index < -0.39 is 4.92 Å². The van der Waals surface area contributed by atoms with E-state index >= 15 is 0 Å². The molecule has 1 fully saturated rings. The van der Waals surface area contributed by atoms with Crippen LogP contribution in [0.15, 0.2) is 48.5 Å². The SMILES string of the molecule is CCCCC1CCC(c2ccc(C(=O)Cc3ccc([N+](=O)[O-])cc3)cc2)CC1. The normalized spacial score (nSPS) is 19.3. The minimum atomic E-state index is -0.429. The summed E-state index contributed by atoms with van der Waals surface area (Å²) < 4.78 is 0. The van der Waals surface area contributed by atoms with Crippen LogP contribution in [0.3, 0.4) is 0 Å². The monoisotopic (exact) mass is 379 g/mol. The van der Waals surface area contributed by atoms with E-state index in [1.165, 1.54) is 62.6 Å². The number of carbonyl (C=O) groups is 1. The van der Waals surface area contributed by atoms with Gasteiger partial charge in [0.25, 0.3) is 5.69 Å². The number of Topliss-reactive ketones (excluding diaryl/α,β-unsaturated/α-hetero) is 1. The van der Waals surface area contributed by atoms with E-state index in [1.54, 1.807) is 12.1 Å². The number of hydrogen-bond donors (Lipinski definition) is 0. The molecular formula is C24H29NO3. The molecule has 1 aliphatic carbocycles. The Morgan fingerprint density at radius 1 is 1.00 bits per heavy atom. The predicted octanol–water partition coefficient (Wildman–Crippen LogP) is 6.48. The molecule has 4 heteroatoms. The first-order valence-corrected chi connectivity index (χ1v) is 10.4. The molecule has 28 heavy (non-hydrogen) atoms. The number of rotatable bonds is 8. The van der Waals surface area contributed by atoms with Gasteiger partial charge in [-0.2, -0.15) is 0 Å². The van der Waals surface area contributed by atoms with Crippen molar-refractivity contribution in [3.05, 3.63) is 75.3 Å². The molecule has 0 N–H and O–H groups in total. The number of nitrogens with zero attached hydrogens (tertiary/aromatic N) is 1. The third-order valence-corrected chi connectivity index (χ3v) is 6.03. The third kappa shape index (κ3) is 5.28.